The van der Waals surface area contributed by atoms with Crippen LogP contribution in [0.2, 0.25) is 0 Å². The maximum atomic E-state index is 6.63. The van der Waals surface area contributed by atoms with E-state index >= 15 is 0 Å². The minimum atomic E-state index is 0. The largest absolute Gasteiger partial charge is 2.00 e. The molecule has 0 unspecified atom stereocenters. The number of hydrogen-bond donors (Lipinski definition) is 0. The Kier molecular flexibility index (Phi) is 11.3. The molecule has 11 heteroatoms. The number of aryl methyl sites for hydroxylation is 2. The molecule has 0 aliphatic carbocycles. The standard InChI is InChI=1S/C58H35N7O2.2Pt/c1-36-12-11-13-37(2)57(36)38-34-61-58(62-35-38)65-53-32-41(66-39-20-24-45-43-14-3-5-16-49(43)63(51(45)30-39)55-18-7-9-28-59-55)22-26-47(53)48-27-23-42(33-54(48)65)67-40-21-25-46-44-15-4-6-17-50(44)64(52(46)31-40)56-19-8-10-29-60-56;;/h3-29,34-35H,1-2H3;;/q-4;2*+2. The summed E-state index contributed by atoms with van der Waals surface area (Å²) in [5.41, 5.74) is 9.61. The summed E-state index contributed by atoms with van der Waals surface area (Å²) in [7, 11) is 0. The maximum absolute atomic E-state index is 6.63. The quantitative estimate of drug-likeness (QED) is 0.141. The van der Waals surface area contributed by atoms with Crippen LogP contribution in [0.1, 0.15) is 11.1 Å². The second-order valence-corrected chi connectivity index (χ2v) is 16.5. The number of aromatic nitrogens is 7. The number of hydrogen-bond acceptors (Lipinski definition) is 6. The fraction of sp³-hybridized carbons (Fsp3) is 0.0345. The Balaban J connectivity index is 0.00000260. The van der Waals surface area contributed by atoms with Gasteiger partial charge in [0.1, 0.15) is 11.6 Å². The first-order valence-corrected chi connectivity index (χ1v) is 22.0. The minimum absolute atomic E-state index is 0. The van der Waals surface area contributed by atoms with E-state index in [4.69, 9.17) is 19.4 Å². The second kappa shape index (κ2) is 17.7. The van der Waals surface area contributed by atoms with Gasteiger partial charge in [0.2, 0.25) is 5.95 Å². The van der Waals surface area contributed by atoms with Crippen molar-refractivity contribution in [2.75, 3.05) is 0 Å². The van der Waals surface area contributed by atoms with E-state index in [0.29, 0.717) is 28.9 Å². The SMILES string of the molecule is Cc1cccc(C)c1-c1cnc(-n2c3[c-]c(Oc4[c-]c5c(cc4)c4ccccc4n5-c4ccccn4)ccc3c3ccc(Oc4[c-]c5c(cc4)c4ccccc4n5-c4ccccn4)[c-]c32)nc1.[Pt+2].[Pt+2]. The molecule has 0 radical (unpaired) electrons. The molecule has 0 N–H and O–H groups in total. The molecule has 0 bridgehead atoms. The summed E-state index contributed by atoms with van der Waals surface area (Å²) in [5.74, 6) is 4.14. The van der Waals surface area contributed by atoms with Crippen molar-refractivity contribution in [2.45, 2.75) is 13.8 Å². The van der Waals surface area contributed by atoms with Gasteiger partial charge in [-0.25, -0.2) is 19.9 Å². The topological polar surface area (TPSA) is 84.8 Å². The van der Waals surface area contributed by atoms with Gasteiger partial charge in [0.25, 0.3) is 0 Å². The molecular weight excluding hydrogens is 1220 g/mol. The number of para-hydroxylation sites is 2. The molecule has 6 heterocycles. The number of nitrogens with zero attached hydrogens (tertiary/aromatic N) is 7. The van der Waals surface area contributed by atoms with Gasteiger partial charge in [-0.15, -0.1) is 59.3 Å². The van der Waals surface area contributed by atoms with Crippen LogP contribution in [-0.2, 0) is 42.1 Å². The van der Waals surface area contributed by atoms with Gasteiger partial charge >= 0.3 is 42.1 Å². The third kappa shape index (κ3) is 7.41. The molecule has 69 heavy (non-hydrogen) atoms. The molecule has 334 valence electrons. The van der Waals surface area contributed by atoms with Crippen molar-refractivity contribution in [1.82, 2.24) is 33.6 Å². The van der Waals surface area contributed by atoms with Gasteiger partial charge in [-0.3, -0.25) is 0 Å². The van der Waals surface area contributed by atoms with Crippen LogP contribution in [-0.4, -0.2) is 33.6 Å². The van der Waals surface area contributed by atoms with Gasteiger partial charge in [0, 0.05) is 64.4 Å². The second-order valence-electron chi connectivity index (χ2n) is 16.5. The fourth-order valence-corrected chi connectivity index (χ4v) is 9.53. The molecule has 0 saturated carbocycles. The average Bonchev–Trinajstić information content (AvgIpc) is 3.99. The van der Waals surface area contributed by atoms with Crippen LogP contribution >= 0.6 is 0 Å². The van der Waals surface area contributed by atoms with Crippen LogP contribution in [0.15, 0.2) is 176 Å². The third-order valence-electron chi connectivity index (χ3n) is 12.5. The molecule has 0 fully saturated rings. The van der Waals surface area contributed by atoms with Crippen LogP contribution in [0.4, 0.5) is 0 Å². The summed E-state index contributed by atoms with van der Waals surface area (Å²) in [5, 5.41) is 6.17. The Labute approximate surface area is 425 Å². The Bertz CT molecular complexity index is 3840. The van der Waals surface area contributed by atoms with Crippen LogP contribution < -0.4 is 9.47 Å². The Morgan fingerprint density at radius 3 is 1.19 bits per heavy atom. The normalized spacial score (nSPS) is 11.4. The van der Waals surface area contributed by atoms with Crippen molar-refractivity contribution in [1.29, 1.82) is 0 Å². The molecule has 0 aliphatic heterocycles. The first-order valence-electron chi connectivity index (χ1n) is 22.0. The Hall–Kier alpha value is -7.70. The molecule has 6 aromatic heterocycles. The van der Waals surface area contributed by atoms with Gasteiger partial charge in [0.05, 0.1) is 0 Å². The van der Waals surface area contributed by atoms with Crippen molar-refractivity contribution < 1.29 is 51.6 Å². The van der Waals surface area contributed by atoms with Gasteiger partial charge in [-0.2, -0.15) is 35.0 Å². The Morgan fingerprint density at radius 2 is 0.768 bits per heavy atom. The van der Waals surface area contributed by atoms with Crippen molar-refractivity contribution in [3.05, 3.63) is 212 Å². The zero-order chi connectivity index (χ0) is 44.6. The molecule has 9 nitrogen and oxygen atoms in total. The van der Waals surface area contributed by atoms with E-state index in [1.165, 1.54) is 0 Å². The van der Waals surface area contributed by atoms with Crippen LogP contribution in [0, 0.1) is 38.1 Å². The van der Waals surface area contributed by atoms with E-state index in [-0.39, 0.29) is 42.1 Å². The summed E-state index contributed by atoms with van der Waals surface area (Å²) >= 11 is 0. The zero-order valence-electron chi connectivity index (χ0n) is 36.8. The van der Waals surface area contributed by atoms with Crippen LogP contribution in [0.25, 0.3) is 94.1 Å². The Morgan fingerprint density at radius 1 is 0.377 bits per heavy atom. The van der Waals surface area contributed by atoms with Crippen molar-refractivity contribution in [3.63, 3.8) is 0 Å². The molecule has 0 atom stereocenters. The van der Waals surface area contributed by atoms with E-state index in [2.05, 4.69) is 112 Å². The number of pyridine rings is 2. The average molecular weight is 1250 g/mol. The monoisotopic (exact) mass is 1250 g/mol. The van der Waals surface area contributed by atoms with E-state index in [1.54, 1.807) is 12.4 Å². The zero-order valence-corrected chi connectivity index (χ0v) is 41.4. The fourth-order valence-electron chi connectivity index (χ4n) is 9.53. The third-order valence-corrected chi connectivity index (χ3v) is 12.5. The van der Waals surface area contributed by atoms with Gasteiger partial charge in [-0.05, 0) is 77.7 Å². The maximum Gasteiger partial charge on any atom is 2.00 e. The molecule has 0 spiro atoms. The molecular formula is C58H35N7O2Pt2. The molecule has 0 saturated heterocycles. The summed E-state index contributed by atoms with van der Waals surface area (Å²) in [6.45, 7) is 4.22. The van der Waals surface area contributed by atoms with Gasteiger partial charge in [0.15, 0.2) is 0 Å². The molecule has 7 aromatic carbocycles. The van der Waals surface area contributed by atoms with Gasteiger partial charge < -0.3 is 23.2 Å². The van der Waals surface area contributed by atoms with E-state index in [9.17, 15) is 0 Å². The van der Waals surface area contributed by atoms with Gasteiger partial charge in [-0.1, -0.05) is 88.8 Å². The van der Waals surface area contributed by atoms with Crippen LogP contribution in [0.3, 0.4) is 0 Å². The van der Waals surface area contributed by atoms with Crippen molar-refractivity contribution in [3.8, 4) is 51.7 Å². The summed E-state index contributed by atoms with van der Waals surface area (Å²) < 4.78 is 19.5. The van der Waals surface area contributed by atoms with E-state index in [1.807, 2.05) is 114 Å². The summed E-state index contributed by atoms with van der Waals surface area (Å²) in [6.07, 6.45) is 7.36. The predicted octanol–water partition coefficient (Wildman–Crippen LogP) is 13.6. The number of ether oxygens (including phenoxy) is 2. The van der Waals surface area contributed by atoms with E-state index in [0.717, 1.165) is 99.3 Å². The number of benzene rings is 7. The molecule has 0 amide bonds. The molecule has 0 aliphatic rings. The molecule has 13 aromatic rings. The summed E-state index contributed by atoms with van der Waals surface area (Å²) in [6, 6.07) is 65.0. The number of rotatable bonds is 8. The summed E-state index contributed by atoms with van der Waals surface area (Å²) in [4.78, 5) is 19.4. The molecule has 13 rings (SSSR count). The first kappa shape index (κ1) is 43.8. The van der Waals surface area contributed by atoms with Crippen molar-refractivity contribution >= 4 is 65.4 Å². The van der Waals surface area contributed by atoms with Crippen molar-refractivity contribution in [2.24, 2.45) is 0 Å². The van der Waals surface area contributed by atoms with E-state index < -0.39 is 0 Å². The van der Waals surface area contributed by atoms with Crippen LogP contribution in [0.5, 0.6) is 23.0 Å². The predicted molar refractivity (Wildman–Crippen MR) is 264 cm³/mol. The number of fused-ring (bicyclic) bond motifs is 9. The minimum Gasteiger partial charge on any atom is -0.509 e. The smallest absolute Gasteiger partial charge is 0.509 e. The first-order chi connectivity index (χ1) is 33.0.